The van der Waals surface area contributed by atoms with Gasteiger partial charge in [0.2, 0.25) is 5.92 Å². The van der Waals surface area contributed by atoms with Crippen molar-refractivity contribution in [3.05, 3.63) is 167 Å². The molecule has 6 aromatic rings. The predicted octanol–water partition coefficient (Wildman–Crippen LogP) is 9.90. The second-order valence-corrected chi connectivity index (χ2v) is 44.8. The van der Waals surface area contributed by atoms with Gasteiger partial charge in [-0.15, -0.1) is 0 Å². The van der Waals surface area contributed by atoms with Gasteiger partial charge in [0.25, 0.3) is 29.5 Å². The zero-order valence-electron chi connectivity index (χ0n) is 70.8. The number of carbonyl (C=O) groups excluding carboxylic acids is 5. The van der Waals surface area contributed by atoms with E-state index in [0.29, 0.717) is 60.7 Å². The summed E-state index contributed by atoms with van der Waals surface area (Å²) in [6.07, 6.45) is 10.0. The average Bonchev–Trinajstić information content (AvgIpc) is 1.64. The molecule has 4 spiro atoms. The lowest BCUT2D eigenvalue weighted by atomic mass is 9.77. The van der Waals surface area contributed by atoms with Crippen LogP contribution in [0.3, 0.4) is 0 Å². The minimum Gasteiger partial charge on any atom is -0.495 e. The van der Waals surface area contributed by atoms with Crippen LogP contribution in [-0.2, 0) is 71.7 Å². The molecule has 15 rings (SSSR count). The van der Waals surface area contributed by atoms with Crippen molar-refractivity contribution in [1.29, 1.82) is 0 Å². The van der Waals surface area contributed by atoms with Crippen molar-refractivity contribution in [2.24, 2.45) is 21.7 Å². The maximum atomic E-state index is 13.7. The normalized spacial score (nSPS) is 23.9. The number of halogens is 3. The summed E-state index contributed by atoms with van der Waals surface area (Å²) in [6.45, 7) is 6.97. The van der Waals surface area contributed by atoms with Gasteiger partial charge in [0.1, 0.15) is 23.9 Å². The summed E-state index contributed by atoms with van der Waals surface area (Å²) in [5.74, 6) is -6.08. The molecule has 4 unspecified atom stereocenters. The van der Waals surface area contributed by atoms with Crippen LogP contribution in [0.2, 0.25) is 5.02 Å². The fourth-order valence-electron chi connectivity index (χ4n) is 20.4. The van der Waals surface area contributed by atoms with E-state index >= 15 is 0 Å². The van der Waals surface area contributed by atoms with Gasteiger partial charge in [-0.05, 0) is 342 Å². The zero-order valence-corrected chi connectivity index (χ0v) is 74.9. The van der Waals surface area contributed by atoms with Crippen LogP contribution in [0, 0.1) is 21.7 Å². The number of piperidine rings is 4. The summed E-state index contributed by atoms with van der Waals surface area (Å²) in [6, 6.07) is 35.6. The van der Waals surface area contributed by atoms with E-state index in [1.165, 1.54) is 86.0 Å². The van der Waals surface area contributed by atoms with E-state index in [4.69, 9.17) is 30.9 Å². The molecule has 15 N–H and O–H groups in total. The first-order valence-electron chi connectivity index (χ1n) is 42.7. The summed E-state index contributed by atoms with van der Waals surface area (Å²) in [4.78, 5) is 73.5. The minimum absolute atomic E-state index is 0.0189. The fraction of sp³-hybridized carbons (Fsp3) is 0.523. The number of methoxy groups -OCH3 is 1. The first-order chi connectivity index (χ1) is 60.4. The Labute approximate surface area is 742 Å². The van der Waals surface area contributed by atoms with Crippen molar-refractivity contribution in [3.63, 3.8) is 0 Å². The van der Waals surface area contributed by atoms with Crippen molar-refractivity contribution in [3.8, 4) is 17.2 Å². The third kappa shape index (κ3) is 20.3. The molecule has 127 heavy (non-hydrogen) atoms. The molecule has 5 saturated carbocycles. The number of amides is 5. The summed E-state index contributed by atoms with van der Waals surface area (Å²) in [7, 11) is -13.3. The molecule has 4 heterocycles. The first kappa shape index (κ1) is 97.0. The van der Waals surface area contributed by atoms with Crippen LogP contribution in [-0.4, -0.2) is 193 Å². The highest BCUT2D eigenvalue weighted by Gasteiger charge is 2.65. The first-order valence-corrected chi connectivity index (χ1v) is 49.0. The van der Waals surface area contributed by atoms with E-state index < -0.39 is 93.9 Å². The fourth-order valence-corrected chi connectivity index (χ4v) is 29.1. The number of rotatable bonds is 23. The molecule has 4 saturated heterocycles. The third-order valence-corrected chi connectivity index (χ3v) is 38.1. The molecule has 39 heteroatoms. The molecular formula is C88H113ClF2N10O22S4. The van der Waals surface area contributed by atoms with Crippen molar-refractivity contribution < 1.29 is 111 Å². The van der Waals surface area contributed by atoms with E-state index in [9.17, 15) is 92.0 Å². The highest BCUT2D eigenvalue weighted by atomic mass is 35.5. The topological polar surface area (TPSA) is 488 Å². The number of nitrogens with one attached hydrogen (secondary N) is 10. The third-order valence-electron chi connectivity index (χ3n) is 28.0. The van der Waals surface area contributed by atoms with Gasteiger partial charge >= 0.3 is 5.97 Å². The Morgan fingerprint density at radius 2 is 0.756 bits per heavy atom. The van der Waals surface area contributed by atoms with Crippen LogP contribution < -0.4 is 68.0 Å². The molecular weight excluding hydrogens is 1750 g/mol. The second-order valence-electron chi connectivity index (χ2n) is 35.3. The lowest BCUT2D eigenvalue weighted by Gasteiger charge is -2.36. The molecule has 692 valence electrons. The van der Waals surface area contributed by atoms with Crippen molar-refractivity contribution in [1.82, 2.24) is 48.5 Å². The van der Waals surface area contributed by atoms with Crippen molar-refractivity contribution in [2.75, 3.05) is 71.8 Å². The standard InChI is InChI=1S/C25H31N3O6S.C24H29N3O6S.C22H30F2N2O5S.C17H23ClN2O5S/c1-26-22(29)19-4-2-18(3-5-19)16-34-20-6-8-21(9-7-20)35(32,33)25(23(30)28-31)11-10-24(17-25)12-14-27-15-13-24;28-21(29)18-3-1-17(2-4-18)15-26-19-5-7-20(8-6-19)34(32,33)24(22(30)27-31)10-9-23(16-24)11-13-25-14-12-23;23-22(24)7-5-17(6-8-22)31-16-1-3-18(4-2-16)32(29,30)21(19(27)26-28)10-9-20(15-21)11-13-25-14-12-20;1-25-14-3-2-12(10-13(14)18)26(23,24)17(15(21)20-22)5-4-16(11-17)6-8-19-9-7-16/h2-9,27,31H,10-17H2,1H3,(H,26,29)(H,28,30);1-8,25-26,31H,9-16H2,(H,27,30)(H,28,29);1-4,17,25,28H,5-15H2,(H,26,27);2-3,10,19,22H,4-9,11H2,1H3,(H,20,21). The summed E-state index contributed by atoms with van der Waals surface area (Å²) < 4.78 is 146. The summed E-state index contributed by atoms with van der Waals surface area (Å²) in [5.41, 5.74) is 8.71. The second kappa shape index (κ2) is 39.7. The summed E-state index contributed by atoms with van der Waals surface area (Å²) in [5, 5.41) is 65.5. The van der Waals surface area contributed by atoms with Crippen molar-refractivity contribution in [2.45, 2.75) is 218 Å². The SMILES string of the molecule is CNC(=O)c1ccc(COc2ccc(S(=O)(=O)C3(C(=O)NO)CCC4(CCNCC4)C3)cc2)cc1.COc1ccc(S(=O)(=O)C2(C(=O)NO)CCC3(CCNCC3)C2)cc1Cl.O=C(NO)C1(S(=O)(=O)c2ccc(OC3CCC(F)(F)CC3)cc2)CCC2(CCNCC2)C1.O=C(O)c1ccc(CNc2ccc(S(=O)(=O)C3(C(=O)NO)CCC4(CCNCC4)C3)cc2)cc1. The van der Waals surface area contributed by atoms with Gasteiger partial charge in [-0.1, -0.05) is 35.9 Å². The maximum Gasteiger partial charge on any atom is 0.335 e. The van der Waals surface area contributed by atoms with Crippen LogP contribution in [0.15, 0.2) is 159 Å². The Bertz CT molecular complexity index is 5410. The molecule has 9 fully saturated rings. The number of carboxylic acid groups (broad SMARTS) is 1. The molecule has 0 aromatic heterocycles. The van der Waals surface area contributed by atoms with Crippen LogP contribution in [0.4, 0.5) is 14.5 Å². The van der Waals surface area contributed by atoms with E-state index in [1.807, 2.05) is 0 Å². The summed E-state index contributed by atoms with van der Waals surface area (Å²) >= 11 is 6.10. The Hall–Kier alpha value is -9.03. The molecule has 4 aliphatic heterocycles. The van der Waals surface area contributed by atoms with E-state index in [0.717, 1.165) is 115 Å². The smallest absolute Gasteiger partial charge is 0.335 e. The number of anilines is 1. The minimum atomic E-state index is -4.10. The quantitative estimate of drug-likeness (QED) is 0.0209. The zero-order chi connectivity index (χ0) is 91.5. The van der Waals surface area contributed by atoms with Crippen LogP contribution in [0.5, 0.6) is 17.2 Å². The number of benzene rings is 6. The van der Waals surface area contributed by atoms with Crippen LogP contribution >= 0.6 is 11.6 Å². The van der Waals surface area contributed by atoms with E-state index in [-0.39, 0.29) is 147 Å². The van der Waals surface area contributed by atoms with Gasteiger partial charge in [0.15, 0.2) is 58.3 Å². The number of hydrogen-bond donors (Lipinski definition) is 15. The Morgan fingerprint density at radius 1 is 0.425 bits per heavy atom. The molecule has 5 amide bonds. The van der Waals surface area contributed by atoms with E-state index in [2.05, 4.69) is 31.9 Å². The number of aromatic carboxylic acids is 1. The lowest BCUT2D eigenvalue weighted by Crippen LogP contribution is -2.51. The Kier molecular flexibility index (Phi) is 30.4. The number of carbonyl (C=O) groups is 6. The van der Waals surface area contributed by atoms with Gasteiger partial charge in [-0.2, -0.15) is 0 Å². The number of sulfone groups is 4. The highest BCUT2D eigenvalue weighted by Crippen LogP contribution is 2.59. The Balaban J connectivity index is 0.000000155. The molecule has 32 nitrogen and oxygen atoms in total. The average molecular weight is 1860 g/mol. The van der Waals surface area contributed by atoms with Crippen LogP contribution in [0.1, 0.15) is 186 Å². The molecule has 9 aliphatic rings. The monoisotopic (exact) mass is 1860 g/mol. The number of ether oxygens (including phenoxy) is 3. The maximum absolute atomic E-state index is 13.7. The van der Waals surface area contributed by atoms with Gasteiger partial charge in [0, 0.05) is 37.7 Å². The van der Waals surface area contributed by atoms with Gasteiger partial charge in [0.05, 0.1) is 43.4 Å². The highest BCUT2D eigenvalue weighted by molar-refractivity contribution is 7.94. The van der Waals surface area contributed by atoms with Gasteiger partial charge in [-0.25, -0.2) is 69.2 Å². The lowest BCUT2D eigenvalue weighted by molar-refractivity contribution is -0.132. The molecule has 5 aliphatic carbocycles. The number of carboxylic acids is 1. The van der Waals surface area contributed by atoms with E-state index in [1.54, 1.807) is 89.6 Å². The van der Waals surface area contributed by atoms with Crippen LogP contribution in [0.25, 0.3) is 0 Å². The molecule has 6 aromatic carbocycles. The molecule has 0 bridgehead atoms. The van der Waals surface area contributed by atoms with Gasteiger partial charge < -0.3 is 51.2 Å². The Morgan fingerprint density at radius 3 is 1.09 bits per heavy atom. The van der Waals surface area contributed by atoms with Gasteiger partial charge in [-0.3, -0.25) is 44.8 Å². The number of hydroxylamine groups is 4. The molecule has 4 atom stereocenters. The largest absolute Gasteiger partial charge is 0.495 e. The number of hydrogen-bond acceptors (Lipinski definition) is 26. The number of alkyl halides is 2. The molecule has 0 radical (unpaired) electrons. The predicted molar refractivity (Wildman–Crippen MR) is 463 cm³/mol. The van der Waals surface area contributed by atoms with Crippen molar-refractivity contribution >= 4 is 92.1 Å².